The molecule has 0 fully saturated rings. The number of amidine groups is 1. The molecule has 4 rings (SSSR count). The van der Waals surface area contributed by atoms with Crippen LogP contribution >= 0.6 is 0 Å². The van der Waals surface area contributed by atoms with Gasteiger partial charge in [-0.05, 0) is 36.4 Å². The minimum absolute atomic E-state index is 0.0205. The second-order valence-corrected chi connectivity index (χ2v) is 8.85. The van der Waals surface area contributed by atoms with Gasteiger partial charge in [-0.25, -0.2) is 13.2 Å². The van der Waals surface area contributed by atoms with Crippen LogP contribution in [0.2, 0.25) is 0 Å². The highest BCUT2D eigenvalue weighted by Crippen LogP contribution is 2.33. The average Bonchev–Trinajstić information content (AvgIpc) is 2.90. The van der Waals surface area contributed by atoms with Crippen molar-refractivity contribution in [1.29, 1.82) is 0 Å². The highest BCUT2D eigenvalue weighted by atomic mass is 32.2. The number of hydrogen-bond donors (Lipinski definition) is 1. The van der Waals surface area contributed by atoms with E-state index < -0.39 is 44.9 Å². The van der Waals surface area contributed by atoms with Gasteiger partial charge in [0.1, 0.15) is 5.75 Å². The molecular formula is C25H15F5N2O3S. The summed E-state index contributed by atoms with van der Waals surface area (Å²) in [5.74, 6) is -12.5. The van der Waals surface area contributed by atoms with E-state index >= 15 is 0 Å². The van der Waals surface area contributed by atoms with Crippen molar-refractivity contribution in [3.63, 3.8) is 0 Å². The van der Waals surface area contributed by atoms with E-state index in [9.17, 15) is 30.4 Å². The maximum absolute atomic E-state index is 13.9. The Bertz CT molecular complexity index is 1500. The van der Waals surface area contributed by atoms with Crippen LogP contribution in [0.3, 0.4) is 0 Å². The van der Waals surface area contributed by atoms with Crippen LogP contribution in [0.5, 0.6) is 11.5 Å². The lowest BCUT2D eigenvalue weighted by atomic mass is 10.2. The molecular weight excluding hydrogens is 503 g/mol. The lowest BCUT2D eigenvalue weighted by molar-refractivity contribution is 0.332. The third-order valence-electron chi connectivity index (χ3n) is 4.81. The maximum Gasteiger partial charge on any atom is 0.284 e. The summed E-state index contributed by atoms with van der Waals surface area (Å²) in [6.45, 7) is 0. The minimum atomic E-state index is -4.08. The van der Waals surface area contributed by atoms with E-state index in [1.807, 2.05) is 0 Å². The van der Waals surface area contributed by atoms with Crippen molar-refractivity contribution < 1.29 is 35.1 Å². The van der Waals surface area contributed by atoms with Gasteiger partial charge in [-0.15, -0.1) is 4.40 Å². The number of benzene rings is 4. The Morgan fingerprint density at radius 2 is 1.17 bits per heavy atom. The topological polar surface area (TPSA) is 67.8 Å². The molecule has 4 aromatic rings. The van der Waals surface area contributed by atoms with Crippen molar-refractivity contribution in [3.05, 3.63) is 120 Å². The highest BCUT2D eigenvalue weighted by molar-refractivity contribution is 7.90. The van der Waals surface area contributed by atoms with Gasteiger partial charge in [-0.1, -0.05) is 48.5 Å². The van der Waals surface area contributed by atoms with Crippen LogP contribution in [-0.4, -0.2) is 14.3 Å². The summed E-state index contributed by atoms with van der Waals surface area (Å²) >= 11 is 0. The van der Waals surface area contributed by atoms with Gasteiger partial charge in [-0.2, -0.15) is 17.2 Å². The molecule has 0 radical (unpaired) electrons. The Labute approximate surface area is 202 Å². The van der Waals surface area contributed by atoms with Crippen molar-refractivity contribution in [2.24, 2.45) is 4.40 Å². The molecule has 0 aromatic heterocycles. The molecule has 0 atom stereocenters. The Kier molecular flexibility index (Phi) is 7.02. The van der Waals surface area contributed by atoms with Gasteiger partial charge in [0, 0.05) is 11.3 Å². The van der Waals surface area contributed by atoms with Crippen LogP contribution < -0.4 is 10.1 Å². The summed E-state index contributed by atoms with van der Waals surface area (Å²) in [5, 5.41) is 2.86. The molecule has 1 N–H and O–H groups in total. The molecule has 4 aromatic carbocycles. The first-order chi connectivity index (χ1) is 17.2. The summed E-state index contributed by atoms with van der Waals surface area (Å²) < 4.78 is 102. The van der Waals surface area contributed by atoms with Crippen LogP contribution in [0, 0.1) is 29.1 Å². The number of halogens is 5. The molecule has 36 heavy (non-hydrogen) atoms. The van der Waals surface area contributed by atoms with Crippen molar-refractivity contribution in [2.45, 2.75) is 4.90 Å². The van der Waals surface area contributed by atoms with Gasteiger partial charge >= 0.3 is 0 Å². The standard InChI is InChI=1S/C25H15F5N2O3S/c26-19-20(27)22(29)24(23(30)21(19)28)35-17-13-11-16(12-14-17)31-25(15-7-3-1-4-8-15)32-36(33,34)18-9-5-2-6-10-18/h1-14H,(H,31,32). The molecule has 0 saturated heterocycles. The van der Waals surface area contributed by atoms with Crippen molar-refractivity contribution in [1.82, 2.24) is 0 Å². The smallest absolute Gasteiger partial charge is 0.284 e. The van der Waals surface area contributed by atoms with E-state index in [-0.39, 0.29) is 16.5 Å². The number of ether oxygens (including phenoxy) is 1. The van der Waals surface area contributed by atoms with Gasteiger partial charge in [0.15, 0.2) is 5.84 Å². The number of anilines is 1. The summed E-state index contributed by atoms with van der Waals surface area (Å²) in [6.07, 6.45) is 0. The summed E-state index contributed by atoms with van der Waals surface area (Å²) in [4.78, 5) is -0.0215. The molecule has 184 valence electrons. The molecule has 5 nitrogen and oxygen atoms in total. The van der Waals surface area contributed by atoms with Gasteiger partial charge < -0.3 is 10.1 Å². The maximum atomic E-state index is 13.9. The predicted octanol–water partition coefficient (Wildman–Crippen LogP) is 6.42. The van der Waals surface area contributed by atoms with Crippen LogP contribution in [-0.2, 0) is 10.0 Å². The SMILES string of the molecule is O=S(=O)(/N=C(/Nc1ccc(Oc2c(F)c(F)c(F)c(F)c2F)cc1)c1ccccc1)c1ccccc1. The van der Waals surface area contributed by atoms with Gasteiger partial charge in [-0.3, -0.25) is 0 Å². The number of sulfonamides is 1. The Hall–Kier alpha value is -4.25. The summed E-state index contributed by atoms with van der Waals surface area (Å²) in [5.41, 5.74) is 0.740. The Morgan fingerprint density at radius 1 is 0.667 bits per heavy atom. The second kappa shape index (κ2) is 10.2. The zero-order chi connectivity index (χ0) is 25.9. The average molecular weight is 518 g/mol. The normalized spacial score (nSPS) is 11.9. The van der Waals surface area contributed by atoms with E-state index in [1.165, 1.54) is 36.4 Å². The first-order valence-electron chi connectivity index (χ1n) is 10.2. The highest BCUT2D eigenvalue weighted by Gasteiger charge is 2.27. The largest absolute Gasteiger partial charge is 0.451 e. The first-order valence-corrected chi connectivity index (χ1v) is 11.6. The molecule has 0 aliphatic heterocycles. The minimum Gasteiger partial charge on any atom is -0.451 e. The molecule has 0 amide bonds. The zero-order valence-corrected chi connectivity index (χ0v) is 18.9. The molecule has 0 heterocycles. The quantitative estimate of drug-likeness (QED) is 0.105. The second-order valence-electron chi connectivity index (χ2n) is 7.24. The molecule has 0 aliphatic rings. The van der Waals surface area contributed by atoms with Crippen molar-refractivity contribution in [3.8, 4) is 11.5 Å². The van der Waals surface area contributed by atoms with Crippen LogP contribution in [0.4, 0.5) is 27.6 Å². The third kappa shape index (κ3) is 5.20. The fourth-order valence-corrected chi connectivity index (χ4v) is 4.04. The summed E-state index contributed by atoms with van der Waals surface area (Å²) in [6, 6.07) is 21.0. The Morgan fingerprint density at radius 3 is 1.72 bits per heavy atom. The molecule has 0 spiro atoms. The fraction of sp³-hybridized carbons (Fsp3) is 0. The molecule has 0 aliphatic carbocycles. The van der Waals surface area contributed by atoms with Crippen molar-refractivity contribution >= 4 is 21.5 Å². The van der Waals surface area contributed by atoms with Crippen LogP contribution in [0.1, 0.15) is 5.56 Å². The van der Waals surface area contributed by atoms with Gasteiger partial charge in [0.05, 0.1) is 4.90 Å². The zero-order valence-electron chi connectivity index (χ0n) is 18.1. The molecule has 11 heteroatoms. The number of rotatable bonds is 6. The van der Waals surface area contributed by atoms with E-state index in [1.54, 1.807) is 48.5 Å². The van der Waals surface area contributed by atoms with Gasteiger partial charge in [0.25, 0.3) is 10.0 Å². The predicted molar refractivity (Wildman–Crippen MR) is 123 cm³/mol. The van der Waals surface area contributed by atoms with Crippen molar-refractivity contribution in [2.75, 3.05) is 5.32 Å². The number of nitrogens with zero attached hydrogens (tertiary/aromatic N) is 1. The molecule has 0 saturated carbocycles. The lowest BCUT2D eigenvalue weighted by Crippen LogP contribution is -2.16. The van der Waals surface area contributed by atoms with Gasteiger partial charge in [0.2, 0.25) is 34.8 Å². The van der Waals surface area contributed by atoms with E-state index in [4.69, 9.17) is 4.74 Å². The van der Waals surface area contributed by atoms with E-state index in [2.05, 4.69) is 9.71 Å². The fourth-order valence-electron chi connectivity index (χ4n) is 3.04. The van der Waals surface area contributed by atoms with Crippen LogP contribution in [0.25, 0.3) is 0 Å². The lowest BCUT2D eigenvalue weighted by Gasteiger charge is -2.13. The van der Waals surface area contributed by atoms with Crippen LogP contribution in [0.15, 0.2) is 94.2 Å². The third-order valence-corrected chi connectivity index (χ3v) is 6.10. The van der Waals surface area contributed by atoms with E-state index in [0.717, 1.165) is 0 Å². The monoisotopic (exact) mass is 518 g/mol. The molecule has 0 unspecified atom stereocenters. The van der Waals surface area contributed by atoms with E-state index in [0.29, 0.717) is 11.3 Å². The number of nitrogens with one attached hydrogen (secondary N) is 1. The number of hydrogen-bond acceptors (Lipinski definition) is 3. The molecule has 0 bridgehead atoms. The first kappa shape index (κ1) is 24.9. The summed E-state index contributed by atoms with van der Waals surface area (Å²) in [7, 11) is -4.08. The Balaban J connectivity index is 1.64.